The van der Waals surface area contributed by atoms with Crippen molar-refractivity contribution in [2.75, 3.05) is 7.11 Å². The van der Waals surface area contributed by atoms with Crippen LogP contribution in [0.1, 0.15) is 34.4 Å². The SMILES string of the molecule is C=C[C@@H]1CC[C@H]2[C@@H]3CCc4ccc(OC)cc4[C@H]3[Te]C[C@]12O. The van der Waals surface area contributed by atoms with Crippen molar-refractivity contribution >= 4 is 20.9 Å². The zero-order chi connectivity index (χ0) is 15.3. The second-order valence-electron chi connectivity index (χ2n) is 7.02. The molecule has 2 fully saturated rings. The Labute approximate surface area is 143 Å². The van der Waals surface area contributed by atoms with Crippen LogP contribution in [0.3, 0.4) is 0 Å². The van der Waals surface area contributed by atoms with Crippen molar-refractivity contribution in [2.24, 2.45) is 17.8 Å². The summed E-state index contributed by atoms with van der Waals surface area (Å²) in [4.78, 5) is 0. The van der Waals surface area contributed by atoms with Crippen molar-refractivity contribution in [1.29, 1.82) is 0 Å². The Morgan fingerprint density at radius 3 is 3.00 bits per heavy atom. The van der Waals surface area contributed by atoms with Gasteiger partial charge in [0.15, 0.2) is 0 Å². The number of hydrogen-bond donors (Lipinski definition) is 1. The summed E-state index contributed by atoms with van der Waals surface area (Å²) in [6, 6.07) is 6.64. The molecule has 0 spiro atoms. The van der Waals surface area contributed by atoms with Gasteiger partial charge in [-0.1, -0.05) is 0 Å². The number of fused-ring (bicyclic) bond motifs is 5. The van der Waals surface area contributed by atoms with Crippen LogP contribution in [0.25, 0.3) is 0 Å². The summed E-state index contributed by atoms with van der Waals surface area (Å²) >= 11 is -0.228. The number of benzene rings is 1. The van der Waals surface area contributed by atoms with Gasteiger partial charge in [-0.15, -0.1) is 0 Å². The van der Waals surface area contributed by atoms with Gasteiger partial charge in [-0.3, -0.25) is 0 Å². The second kappa shape index (κ2) is 5.55. The van der Waals surface area contributed by atoms with Crippen LogP contribution in [-0.2, 0) is 6.42 Å². The summed E-state index contributed by atoms with van der Waals surface area (Å²) in [6.45, 7) is 3.98. The van der Waals surface area contributed by atoms with Crippen molar-refractivity contribution in [3.05, 3.63) is 42.0 Å². The molecule has 0 bridgehead atoms. The molecule has 3 heteroatoms. The molecule has 4 rings (SSSR count). The van der Waals surface area contributed by atoms with Crippen molar-refractivity contribution in [3.63, 3.8) is 0 Å². The summed E-state index contributed by atoms with van der Waals surface area (Å²) in [6.07, 6.45) is 6.75. The fourth-order valence-electron chi connectivity index (χ4n) is 5.00. The zero-order valence-corrected chi connectivity index (χ0v) is 15.5. The van der Waals surface area contributed by atoms with Crippen LogP contribution in [-0.4, -0.2) is 38.7 Å². The van der Waals surface area contributed by atoms with E-state index in [9.17, 15) is 5.11 Å². The van der Waals surface area contributed by atoms with Gasteiger partial charge in [0.2, 0.25) is 0 Å². The Kier molecular flexibility index (Phi) is 3.80. The summed E-state index contributed by atoms with van der Waals surface area (Å²) in [5, 5.41) is 11.3. The first-order valence-corrected chi connectivity index (χ1v) is 11.3. The fraction of sp³-hybridized carbons (Fsp3) is 0.579. The van der Waals surface area contributed by atoms with E-state index < -0.39 is 5.60 Å². The standard InChI is InChI=1S/C19H24O2Te/c1-3-13-6-9-17-15-8-5-12-4-7-14(21-2)10-16(12)18(15)22-11-19(13,17)20/h3-4,7,10,13,15,17-18,20H,1,5-6,8-9,11H2,2H3/t13-,15+,17+,18+,19+/m1/s1. The molecule has 2 aliphatic carbocycles. The maximum absolute atomic E-state index is 11.3. The summed E-state index contributed by atoms with van der Waals surface area (Å²) in [7, 11) is 1.75. The molecule has 1 saturated carbocycles. The number of rotatable bonds is 2. The van der Waals surface area contributed by atoms with E-state index in [2.05, 4.69) is 24.8 Å². The van der Waals surface area contributed by atoms with Crippen molar-refractivity contribution in [1.82, 2.24) is 0 Å². The van der Waals surface area contributed by atoms with E-state index in [1.807, 2.05) is 6.08 Å². The van der Waals surface area contributed by atoms with Crippen LogP contribution < -0.4 is 4.74 Å². The second-order valence-corrected chi connectivity index (χ2v) is 10.2. The third kappa shape index (κ3) is 2.09. The molecule has 0 radical (unpaired) electrons. The molecule has 0 unspecified atom stereocenters. The number of aliphatic hydroxyl groups is 1. The first kappa shape index (κ1) is 15.1. The molecule has 1 saturated heterocycles. The molecule has 118 valence electrons. The van der Waals surface area contributed by atoms with Crippen LogP contribution in [0.2, 0.25) is 4.47 Å². The van der Waals surface area contributed by atoms with Crippen LogP contribution in [0.5, 0.6) is 5.75 Å². The average Bonchev–Trinajstić information content (AvgIpc) is 2.90. The van der Waals surface area contributed by atoms with Gasteiger partial charge >= 0.3 is 143 Å². The first-order valence-electron chi connectivity index (χ1n) is 8.30. The Morgan fingerprint density at radius 2 is 2.23 bits per heavy atom. The van der Waals surface area contributed by atoms with E-state index in [0.717, 1.165) is 20.6 Å². The van der Waals surface area contributed by atoms with Gasteiger partial charge < -0.3 is 0 Å². The molecule has 1 aliphatic heterocycles. The molecule has 0 aromatic heterocycles. The topological polar surface area (TPSA) is 29.5 Å². The number of aryl methyl sites for hydroxylation is 1. The molecule has 1 N–H and O–H groups in total. The molecular weight excluding hydrogens is 388 g/mol. The van der Waals surface area contributed by atoms with E-state index >= 15 is 0 Å². The summed E-state index contributed by atoms with van der Waals surface area (Å²) in [5.74, 6) is 2.49. The first-order chi connectivity index (χ1) is 10.7. The van der Waals surface area contributed by atoms with Gasteiger partial charge in [0, 0.05) is 0 Å². The maximum atomic E-state index is 11.3. The minimum atomic E-state index is -0.429. The molecule has 22 heavy (non-hydrogen) atoms. The van der Waals surface area contributed by atoms with Crippen molar-refractivity contribution in [3.8, 4) is 5.75 Å². The van der Waals surface area contributed by atoms with Crippen LogP contribution in [0.4, 0.5) is 0 Å². The van der Waals surface area contributed by atoms with Gasteiger partial charge in [-0.05, 0) is 0 Å². The fourth-order valence-corrected chi connectivity index (χ4v) is 10.3. The Morgan fingerprint density at radius 1 is 1.36 bits per heavy atom. The van der Waals surface area contributed by atoms with E-state index in [-0.39, 0.29) is 20.9 Å². The van der Waals surface area contributed by atoms with E-state index in [0.29, 0.717) is 17.8 Å². The third-order valence-electron chi connectivity index (χ3n) is 6.16. The van der Waals surface area contributed by atoms with Gasteiger partial charge in [0.25, 0.3) is 0 Å². The predicted octanol–water partition coefficient (Wildman–Crippen LogP) is 3.38. The minimum absolute atomic E-state index is 0.228. The molecule has 5 atom stereocenters. The summed E-state index contributed by atoms with van der Waals surface area (Å²) < 4.78 is 7.24. The van der Waals surface area contributed by atoms with Gasteiger partial charge in [-0.25, -0.2) is 0 Å². The third-order valence-corrected chi connectivity index (χ3v) is 10.7. The monoisotopic (exact) mass is 414 g/mol. The molecule has 1 aromatic carbocycles. The summed E-state index contributed by atoms with van der Waals surface area (Å²) in [5.41, 5.74) is 2.64. The molecular formula is C19H24O2Te. The Bertz CT molecular complexity index is 599. The Balaban J connectivity index is 1.70. The van der Waals surface area contributed by atoms with E-state index in [4.69, 9.17) is 4.74 Å². The van der Waals surface area contributed by atoms with Crippen molar-refractivity contribution in [2.45, 2.75) is 39.7 Å². The Hall–Kier alpha value is -0.490. The zero-order valence-electron chi connectivity index (χ0n) is 13.1. The molecule has 1 heterocycles. The number of methoxy groups -OCH3 is 1. The normalized spacial score (nSPS) is 39.5. The van der Waals surface area contributed by atoms with Crippen molar-refractivity contribution < 1.29 is 9.84 Å². The quantitative estimate of drug-likeness (QED) is 0.597. The molecule has 3 aliphatic rings. The molecule has 0 amide bonds. The van der Waals surface area contributed by atoms with E-state index in [1.165, 1.54) is 24.8 Å². The predicted molar refractivity (Wildman–Crippen MR) is 89.5 cm³/mol. The number of ether oxygens (including phenoxy) is 1. The molecule has 1 aromatic rings. The average molecular weight is 412 g/mol. The van der Waals surface area contributed by atoms with Gasteiger partial charge in [0.05, 0.1) is 0 Å². The van der Waals surface area contributed by atoms with Crippen LogP contribution in [0, 0.1) is 17.8 Å². The number of hydrogen-bond acceptors (Lipinski definition) is 2. The van der Waals surface area contributed by atoms with Crippen LogP contribution >= 0.6 is 0 Å². The van der Waals surface area contributed by atoms with Gasteiger partial charge in [0.1, 0.15) is 0 Å². The van der Waals surface area contributed by atoms with Gasteiger partial charge in [-0.2, -0.15) is 0 Å². The molecule has 2 nitrogen and oxygen atoms in total. The van der Waals surface area contributed by atoms with Crippen LogP contribution in [0.15, 0.2) is 30.9 Å². The van der Waals surface area contributed by atoms with E-state index in [1.54, 1.807) is 12.7 Å².